The fourth-order valence-corrected chi connectivity index (χ4v) is 3.08. The van der Waals surface area contributed by atoms with Crippen molar-refractivity contribution < 1.29 is 14.4 Å². The third-order valence-corrected chi connectivity index (χ3v) is 4.68. The van der Waals surface area contributed by atoms with Crippen LogP contribution >= 0.6 is 0 Å². The zero-order valence-electron chi connectivity index (χ0n) is 17.1. The van der Waals surface area contributed by atoms with Gasteiger partial charge in [0.1, 0.15) is 6.04 Å². The van der Waals surface area contributed by atoms with E-state index in [0.717, 1.165) is 5.56 Å². The van der Waals surface area contributed by atoms with Gasteiger partial charge in [-0.25, -0.2) is 5.10 Å². The van der Waals surface area contributed by atoms with E-state index in [9.17, 15) is 19.2 Å². The van der Waals surface area contributed by atoms with Crippen molar-refractivity contribution in [3.05, 3.63) is 76.2 Å². The number of carbonyl (C=O) groups excluding carboxylic acids is 3. The normalized spacial score (nSPS) is 11.7. The molecule has 1 heterocycles. The molecule has 9 heteroatoms. The van der Waals surface area contributed by atoms with Crippen molar-refractivity contribution in [2.75, 3.05) is 0 Å². The summed E-state index contributed by atoms with van der Waals surface area (Å²) in [5, 5.41) is 9.42. The van der Waals surface area contributed by atoms with Crippen LogP contribution in [0.25, 0.3) is 10.8 Å². The molecule has 4 N–H and O–H groups in total. The second-order valence-corrected chi connectivity index (χ2v) is 7.34. The molecule has 31 heavy (non-hydrogen) atoms. The van der Waals surface area contributed by atoms with Crippen LogP contribution in [0, 0.1) is 5.92 Å². The van der Waals surface area contributed by atoms with Gasteiger partial charge < -0.3 is 5.32 Å². The predicted octanol–water partition coefficient (Wildman–Crippen LogP) is 1.07. The molecule has 0 aliphatic carbocycles. The molecule has 0 saturated carbocycles. The van der Waals surface area contributed by atoms with Crippen LogP contribution in [0.1, 0.15) is 29.9 Å². The lowest BCUT2D eigenvalue weighted by atomic mass is 10.0. The monoisotopic (exact) mass is 421 g/mol. The zero-order valence-corrected chi connectivity index (χ0v) is 17.1. The van der Waals surface area contributed by atoms with Crippen molar-refractivity contribution in [1.82, 2.24) is 26.4 Å². The van der Waals surface area contributed by atoms with Crippen molar-refractivity contribution in [1.29, 1.82) is 0 Å². The highest BCUT2D eigenvalue weighted by molar-refractivity contribution is 6.05. The van der Waals surface area contributed by atoms with Gasteiger partial charge in [0.2, 0.25) is 5.91 Å². The summed E-state index contributed by atoms with van der Waals surface area (Å²) in [4.78, 5) is 49.3. The first-order valence-corrected chi connectivity index (χ1v) is 9.77. The van der Waals surface area contributed by atoms with E-state index in [-0.39, 0.29) is 23.9 Å². The lowest BCUT2D eigenvalue weighted by molar-refractivity contribution is -0.130. The fourth-order valence-electron chi connectivity index (χ4n) is 3.08. The van der Waals surface area contributed by atoms with E-state index < -0.39 is 23.4 Å². The molecule has 1 atom stereocenters. The molecule has 0 spiro atoms. The van der Waals surface area contributed by atoms with E-state index in [1.165, 1.54) is 0 Å². The molecule has 1 aromatic heterocycles. The number of hydrogen-bond acceptors (Lipinski definition) is 5. The number of aromatic amines is 1. The maximum atomic E-state index is 12.6. The highest BCUT2D eigenvalue weighted by Crippen LogP contribution is 2.12. The summed E-state index contributed by atoms with van der Waals surface area (Å²) < 4.78 is 0. The third-order valence-electron chi connectivity index (χ3n) is 4.68. The van der Waals surface area contributed by atoms with E-state index in [4.69, 9.17) is 0 Å². The van der Waals surface area contributed by atoms with Crippen molar-refractivity contribution in [2.24, 2.45) is 5.92 Å². The number of rotatable bonds is 6. The first-order valence-electron chi connectivity index (χ1n) is 9.77. The molecular formula is C22H23N5O4. The van der Waals surface area contributed by atoms with Gasteiger partial charge in [-0.2, -0.15) is 5.10 Å². The average molecular weight is 421 g/mol. The Labute approximate surface area is 178 Å². The second-order valence-electron chi connectivity index (χ2n) is 7.34. The maximum Gasteiger partial charge on any atom is 0.290 e. The number of fused-ring (bicyclic) bond motifs is 1. The molecule has 0 saturated heterocycles. The Hall–Kier alpha value is -4.01. The van der Waals surface area contributed by atoms with Crippen LogP contribution in [0.2, 0.25) is 0 Å². The van der Waals surface area contributed by atoms with Crippen LogP contribution < -0.4 is 21.7 Å². The summed E-state index contributed by atoms with van der Waals surface area (Å²) in [6.07, 6.45) is 0.136. The highest BCUT2D eigenvalue weighted by atomic mass is 16.2. The standard InChI is InChI=1S/C22H23N5O4/c1-13(2)18(23-17(28)12-14-8-4-3-5-9-14)21(30)26-27-22(31)19-15-10-6-7-11-16(15)20(29)25-24-19/h3-11,13,18H,12H2,1-2H3,(H,23,28)(H,25,29)(H,26,30)(H,27,31)/t18-/m0/s1. The van der Waals surface area contributed by atoms with Crippen molar-refractivity contribution in [3.8, 4) is 0 Å². The second kappa shape index (κ2) is 9.66. The molecule has 0 unspecified atom stereocenters. The lowest BCUT2D eigenvalue weighted by Gasteiger charge is -2.22. The van der Waals surface area contributed by atoms with Gasteiger partial charge in [-0.05, 0) is 17.5 Å². The van der Waals surface area contributed by atoms with E-state index in [1.54, 1.807) is 38.1 Å². The number of amides is 3. The summed E-state index contributed by atoms with van der Waals surface area (Å²) in [6, 6.07) is 14.8. The van der Waals surface area contributed by atoms with Gasteiger partial charge in [0, 0.05) is 5.39 Å². The van der Waals surface area contributed by atoms with Crippen molar-refractivity contribution in [2.45, 2.75) is 26.3 Å². The van der Waals surface area contributed by atoms with Crippen LogP contribution in [-0.2, 0) is 16.0 Å². The highest BCUT2D eigenvalue weighted by Gasteiger charge is 2.25. The number of H-pyrrole nitrogens is 1. The molecule has 3 rings (SSSR count). The summed E-state index contributed by atoms with van der Waals surface area (Å²) in [7, 11) is 0. The van der Waals surface area contributed by atoms with E-state index in [0.29, 0.717) is 10.8 Å². The minimum atomic E-state index is -0.850. The molecule has 0 aliphatic rings. The molecule has 3 aromatic rings. The van der Waals surface area contributed by atoms with Gasteiger partial charge in [-0.1, -0.05) is 62.4 Å². The largest absolute Gasteiger partial charge is 0.344 e. The zero-order chi connectivity index (χ0) is 22.4. The lowest BCUT2D eigenvalue weighted by Crippen LogP contribution is -2.54. The van der Waals surface area contributed by atoms with Crippen LogP contribution in [0.15, 0.2) is 59.4 Å². The Morgan fingerprint density at radius 1 is 0.935 bits per heavy atom. The van der Waals surface area contributed by atoms with Gasteiger partial charge in [0.05, 0.1) is 11.8 Å². The number of carbonyl (C=O) groups is 3. The SMILES string of the molecule is CC(C)[C@H](NC(=O)Cc1ccccc1)C(=O)NNC(=O)c1n[nH]c(=O)c2ccccc12. The number of nitrogens with one attached hydrogen (secondary N) is 4. The van der Waals surface area contributed by atoms with E-state index >= 15 is 0 Å². The number of aromatic nitrogens is 2. The average Bonchev–Trinajstić information content (AvgIpc) is 2.76. The molecule has 0 fully saturated rings. The Morgan fingerprint density at radius 3 is 2.26 bits per heavy atom. The van der Waals surface area contributed by atoms with Gasteiger partial charge in [-0.15, -0.1) is 0 Å². The smallest absolute Gasteiger partial charge is 0.290 e. The Kier molecular flexibility index (Phi) is 6.76. The molecule has 3 amide bonds. The van der Waals surface area contributed by atoms with Crippen molar-refractivity contribution in [3.63, 3.8) is 0 Å². The fraction of sp³-hybridized carbons (Fsp3) is 0.227. The Balaban J connectivity index is 1.65. The van der Waals surface area contributed by atoms with Gasteiger partial charge in [0.25, 0.3) is 17.4 Å². The number of nitrogens with zero attached hydrogens (tertiary/aromatic N) is 1. The first-order chi connectivity index (χ1) is 14.9. The first kappa shape index (κ1) is 21.7. The maximum absolute atomic E-state index is 12.6. The summed E-state index contributed by atoms with van der Waals surface area (Å²) in [5.74, 6) is -1.79. The molecule has 9 nitrogen and oxygen atoms in total. The van der Waals surface area contributed by atoms with Crippen LogP contribution in [-0.4, -0.2) is 34.0 Å². The number of benzene rings is 2. The number of hydrazine groups is 1. The van der Waals surface area contributed by atoms with Crippen LogP contribution in [0.3, 0.4) is 0 Å². The Morgan fingerprint density at radius 2 is 1.58 bits per heavy atom. The molecule has 0 aliphatic heterocycles. The summed E-state index contributed by atoms with van der Waals surface area (Å²) >= 11 is 0. The minimum Gasteiger partial charge on any atom is -0.344 e. The van der Waals surface area contributed by atoms with Gasteiger partial charge in [-0.3, -0.25) is 30.0 Å². The van der Waals surface area contributed by atoms with E-state index in [1.807, 2.05) is 30.3 Å². The van der Waals surface area contributed by atoms with Gasteiger partial charge >= 0.3 is 0 Å². The quantitative estimate of drug-likeness (QED) is 0.442. The van der Waals surface area contributed by atoms with Crippen LogP contribution in [0.4, 0.5) is 0 Å². The third kappa shape index (κ3) is 5.33. The molecule has 0 radical (unpaired) electrons. The Bertz CT molecular complexity index is 1160. The molecule has 0 bridgehead atoms. The minimum absolute atomic E-state index is 0.0373. The van der Waals surface area contributed by atoms with Crippen LogP contribution in [0.5, 0.6) is 0 Å². The predicted molar refractivity (Wildman–Crippen MR) is 115 cm³/mol. The number of hydrogen-bond donors (Lipinski definition) is 4. The molecule has 160 valence electrons. The van der Waals surface area contributed by atoms with Crippen molar-refractivity contribution >= 4 is 28.5 Å². The van der Waals surface area contributed by atoms with E-state index in [2.05, 4.69) is 26.4 Å². The summed E-state index contributed by atoms with van der Waals surface area (Å²) in [6.45, 7) is 3.57. The molecule has 2 aromatic carbocycles. The van der Waals surface area contributed by atoms with Gasteiger partial charge in [0.15, 0.2) is 5.69 Å². The molecular weight excluding hydrogens is 398 g/mol. The summed E-state index contributed by atoms with van der Waals surface area (Å²) in [5.41, 5.74) is 4.99. The topological polar surface area (TPSA) is 133 Å².